The molecule has 0 saturated carbocycles. The molecule has 134 valence electrons. The second kappa shape index (κ2) is 7.44. The van der Waals surface area contributed by atoms with Crippen LogP contribution in [0.4, 0.5) is 5.69 Å². The van der Waals surface area contributed by atoms with E-state index < -0.39 is 5.41 Å². The molecule has 1 aromatic carbocycles. The standard InChI is InChI=1S/C19H24N2O3S/c1-12-7-6-8-14(13(12)2)20-16(23)10-21-17(24)11-25-18(21)9-15(22)19(3,4)5/h6-9H,10-11H2,1-5H3,(H,20,23). The van der Waals surface area contributed by atoms with E-state index >= 15 is 0 Å². The van der Waals surface area contributed by atoms with Crippen LogP contribution in [0.15, 0.2) is 29.3 Å². The molecule has 1 N–H and O–H groups in total. The van der Waals surface area contributed by atoms with Gasteiger partial charge in [-0.3, -0.25) is 19.3 Å². The number of nitrogens with zero attached hydrogens (tertiary/aromatic N) is 1. The quantitative estimate of drug-likeness (QED) is 0.837. The molecule has 0 aliphatic carbocycles. The lowest BCUT2D eigenvalue weighted by Gasteiger charge is -2.19. The minimum atomic E-state index is -0.522. The highest BCUT2D eigenvalue weighted by Gasteiger charge is 2.30. The minimum absolute atomic E-state index is 0.0652. The highest BCUT2D eigenvalue weighted by atomic mass is 32.2. The van der Waals surface area contributed by atoms with Gasteiger partial charge in [-0.05, 0) is 31.0 Å². The van der Waals surface area contributed by atoms with Crippen molar-refractivity contribution in [1.29, 1.82) is 0 Å². The van der Waals surface area contributed by atoms with Crippen molar-refractivity contribution in [2.45, 2.75) is 34.6 Å². The highest BCUT2D eigenvalue weighted by Crippen LogP contribution is 2.30. The van der Waals surface area contributed by atoms with E-state index in [4.69, 9.17) is 0 Å². The zero-order chi connectivity index (χ0) is 18.8. The van der Waals surface area contributed by atoms with Gasteiger partial charge in [0, 0.05) is 17.2 Å². The molecule has 0 unspecified atom stereocenters. The Hall–Kier alpha value is -2.08. The summed E-state index contributed by atoms with van der Waals surface area (Å²) in [4.78, 5) is 38.1. The van der Waals surface area contributed by atoms with E-state index in [2.05, 4.69) is 5.32 Å². The van der Waals surface area contributed by atoms with E-state index in [1.54, 1.807) is 0 Å². The molecule has 1 aliphatic rings. The van der Waals surface area contributed by atoms with Crippen molar-refractivity contribution in [2.75, 3.05) is 17.6 Å². The molecule has 6 heteroatoms. The van der Waals surface area contributed by atoms with Gasteiger partial charge in [-0.1, -0.05) is 44.7 Å². The van der Waals surface area contributed by atoms with Crippen LogP contribution in [0.3, 0.4) is 0 Å². The van der Waals surface area contributed by atoms with Crippen LogP contribution >= 0.6 is 11.8 Å². The van der Waals surface area contributed by atoms with Crippen molar-refractivity contribution in [2.24, 2.45) is 5.41 Å². The molecule has 0 aromatic heterocycles. The van der Waals surface area contributed by atoms with Crippen LogP contribution < -0.4 is 5.32 Å². The molecule has 0 radical (unpaired) electrons. The van der Waals surface area contributed by atoms with Crippen LogP contribution in [0.2, 0.25) is 0 Å². The molecule has 0 spiro atoms. The van der Waals surface area contributed by atoms with E-state index in [0.29, 0.717) is 5.03 Å². The number of hydrogen-bond donors (Lipinski definition) is 1. The van der Waals surface area contributed by atoms with Crippen molar-refractivity contribution < 1.29 is 14.4 Å². The van der Waals surface area contributed by atoms with Gasteiger partial charge < -0.3 is 5.32 Å². The Kier molecular flexibility index (Phi) is 5.72. The van der Waals surface area contributed by atoms with Gasteiger partial charge in [0.15, 0.2) is 5.78 Å². The Morgan fingerprint density at radius 2 is 1.96 bits per heavy atom. The third kappa shape index (κ3) is 4.72. The van der Waals surface area contributed by atoms with E-state index in [9.17, 15) is 14.4 Å². The number of anilines is 1. The summed E-state index contributed by atoms with van der Waals surface area (Å²) in [5, 5.41) is 3.39. The summed E-state index contributed by atoms with van der Waals surface area (Å²) in [5.74, 6) is -0.252. The van der Waals surface area contributed by atoms with Crippen LogP contribution in [0.1, 0.15) is 31.9 Å². The summed E-state index contributed by atoms with van der Waals surface area (Å²) in [5.41, 5.74) is 2.30. The topological polar surface area (TPSA) is 66.5 Å². The third-order valence-electron chi connectivity index (χ3n) is 4.08. The Morgan fingerprint density at radius 3 is 2.60 bits per heavy atom. The molecule has 25 heavy (non-hydrogen) atoms. The summed E-state index contributed by atoms with van der Waals surface area (Å²) < 4.78 is 0. The maximum atomic E-state index is 12.4. The molecule has 5 nitrogen and oxygen atoms in total. The first-order valence-electron chi connectivity index (χ1n) is 8.15. The Labute approximate surface area is 152 Å². The van der Waals surface area contributed by atoms with Gasteiger partial charge in [0.05, 0.1) is 10.8 Å². The summed E-state index contributed by atoms with van der Waals surface area (Å²) >= 11 is 1.29. The van der Waals surface area contributed by atoms with Gasteiger partial charge in [-0.2, -0.15) is 0 Å². The van der Waals surface area contributed by atoms with E-state index in [1.165, 1.54) is 22.7 Å². The number of ketones is 1. The van der Waals surface area contributed by atoms with Gasteiger partial charge >= 0.3 is 0 Å². The normalized spacial score (nSPS) is 16.4. The van der Waals surface area contributed by atoms with E-state index in [1.807, 2.05) is 52.8 Å². The molecule has 2 amide bonds. The maximum absolute atomic E-state index is 12.4. The Bertz CT molecular complexity index is 748. The fourth-order valence-corrected chi connectivity index (χ4v) is 3.19. The summed E-state index contributed by atoms with van der Waals surface area (Å²) in [6.07, 6.45) is 1.47. The molecular formula is C19H24N2O3S. The number of thioether (sulfide) groups is 1. The van der Waals surface area contributed by atoms with Crippen molar-refractivity contribution in [3.63, 3.8) is 0 Å². The Balaban J connectivity index is 2.12. The van der Waals surface area contributed by atoms with Gasteiger partial charge in [0.25, 0.3) is 0 Å². The lowest BCUT2D eigenvalue weighted by atomic mass is 9.91. The lowest BCUT2D eigenvalue weighted by molar-refractivity contribution is -0.129. The van der Waals surface area contributed by atoms with E-state index in [-0.39, 0.29) is 29.9 Å². The van der Waals surface area contributed by atoms with Gasteiger partial charge in [-0.15, -0.1) is 0 Å². The molecule has 0 atom stereocenters. The number of amides is 2. The number of benzene rings is 1. The second-order valence-electron chi connectivity index (χ2n) is 7.16. The number of hydrogen-bond acceptors (Lipinski definition) is 4. The number of aryl methyl sites for hydroxylation is 1. The average Bonchev–Trinajstić information content (AvgIpc) is 2.84. The SMILES string of the molecule is Cc1cccc(NC(=O)CN2C(=O)CSC2=CC(=O)C(C)(C)C)c1C. The second-order valence-corrected chi connectivity index (χ2v) is 8.16. The number of carbonyl (C=O) groups excluding carboxylic acids is 3. The Morgan fingerprint density at radius 1 is 1.28 bits per heavy atom. The van der Waals surface area contributed by atoms with Crippen molar-refractivity contribution in [3.8, 4) is 0 Å². The first-order chi connectivity index (χ1) is 11.6. The number of carbonyl (C=O) groups is 3. The first kappa shape index (κ1) is 19.2. The fourth-order valence-electron chi connectivity index (χ4n) is 2.25. The number of allylic oxidation sites excluding steroid dienone is 1. The first-order valence-corrected chi connectivity index (χ1v) is 9.13. The fraction of sp³-hybridized carbons (Fsp3) is 0.421. The van der Waals surface area contributed by atoms with Crippen LogP contribution in [-0.2, 0) is 14.4 Å². The van der Waals surface area contributed by atoms with Crippen molar-refractivity contribution in [1.82, 2.24) is 4.90 Å². The van der Waals surface area contributed by atoms with Crippen LogP contribution in [0, 0.1) is 19.3 Å². The summed E-state index contributed by atoms with van der Waals surface area (Å²) in [7, 11) is 0. The number of nitrogens with one attached hydrogen (secondary N) is 1. The smallest absolute Gasteiger partial charge is 0.244 e. The van der Waals surface area contributed by atoms with Crippen LogP contribution in [0.25, 0.3) is 0 Å². The summed E-state index contributed by atoms with van der Waals surface area (Å²) in [6, 6.07) is 5.69. The van der Waals surface area contributed by atoms with Crippen LogP contribution in [0.5, 0.6) is 0 Å². The highest BCUT2D eigenvalue weighted by molar-refractivity contribution is 8.04. The summed E-state index contributed by atoms with van der Waals surface area (Å²) in [6.45, 7) is 9.30. The molecule has 1 aromatic rings. The van der Waals surface area contributed by atoms with Crippen molar-refractivity contribution in [3.05, 3.63) is 40.4 Å². The van der Waals surface area contributed by atoms with Gasteiger partial charge in [-0.25, -0.2) is 0 Å². The molecule has 0 bridgehead atoms. The predicted octanol–water partition coefficient (Wildman–Crippen LogP) is 3.27. The molecule has 2 rings (SSSR count). The predicted molar refractivity (Wildman–Crippen MR) is 101 cm³/mol. The minimum Gasteiger partial charge on any atom is -0.324 e. The lowest BCUT2D eigenvalue weighted by Crippen LogP contribution is -2.34. The third-order valence-corrected chi connectivity index (χ3v) is 5.11. The molecule has 1 heterocycles. The molecule has 1 aliphatic heterocycles. The van der Waals surface area contributed by atoms with Gasteiger partial charge in [0.2, 0.25) is 11.8 Å². The van der Waals surface area contributed by atoms with Crippen molar-refractivity contribution >= 4 is 35.0 Å². The number of rotatable bonds is 4. The molecule has 1 fully saturated rings. The van der Waals surface area contributed by atoms with Crippen LogP contribution in [-0.4, -0.2) is 34.8 Å². The van der Waals surface area contributed by atoms with Gasteiger partial charge in [0.1, 0.15) is 6.54 Å². The average molecular weight is 360 g/mol. The zero-order valence-corrected chi connectivity index (χ0v) is 16.1. The maximum Gasteiger partial charge on any atom is 0.244 e. The molecule has 1 saturated heterocycles. The largest absolute Gasteiger partial charge is 0.324 e. The zero-order valence-electron chi connectivity index (χ0n) is 15.3. The van der Waals surface area contributed by atoms with E-state index in [0.717, 1.165) is 16.8 Å². The molecular weight excluding hydrogens is 336 g/mol. The monoisotopic (exact) mass is 360 g/mol.